The SMILES string of the molecule is Cc1nn2c(c1Cl)CC[C@H](NS(C)(=O)=O)[C@@H]2COC1CCN(c2ncc(F)cn2)CC1. The summed E-state index contributed by atoms with van der Waals surface area (Å²) >= 11 is 6.40. The largest absolute Gasteiger partial charge is 0.376 e. The fraction of sp³-hybridized carbons (Fsp3) is 0.632. The van der Waals surface area contributed by atoms with E-state index in [1.54, 1.807) is 0 Å². The maximum atomic E-state index is 13.0. The van der Waals surface area contributed by atoms with E-state index in [1.807, 2.05) is 16.5 Å². The zero-order valence-electron chi connectivity index (χ0n) is 17.5. The van der Waals surface area contributed by atoms with Crippen LogP contribution in [0.2, 0.25) is 5.02 Å². The summed E-state index contributed by atoms with van der Waals surface area (Å²) in [5, 5.41) is 5.18. The third-order valence-electron chi connectivity index (χ3n) is 5.78. The van der Waals surface area contributed by atoms with Crippen molar-refractivity contribution >= 4 is 27.6 Å². The predicted octanol–water partition coefficient (Wildman–Crippen LogP) is 1.86. The lowest BCUT2D eigenvalue weighted by Crippen LogP contribution is -2.47. The van der Waals surface area contributed by atoms with Crippen molar-refractivity contribution in [3.63, 3.8) is 0 Å². The van der Waals surface area contributed by atoms with Gasteiger partial charge < -0.3 is 9.64 Å². The molecule has 0 saturated carbocycles. The number of ether oxygens (including phenoxy) is 1. The van der Waals surface area contributed by atoms with Gasteiger partial charge in [-0.25, -0.2) is 27.5 Å². The Kier molecular flexibility index (Phi) is 6.47. The molecule has 2 aromatic rings. The van der Waals surface area contributed by atoms with Crippen molar-refractivity contribution in [2.75, 3.05) is 30.9 Å². The molecule has 0 amide bonds. The van der Waals surface area contributed by atoms with E-state index in [0.29, 0.717) is 43.5 Å². The second kappa shape index (κ2) is 8.97. The number of halogens is 2. The van der Waals surface area contributed by atoms with E-state index in [2.05, 4.69) is 19.8 Å². The second-order valence-electron chi connectivity index (χ2n) is 8.11. The van der Waals surface area contributed by atoms with Gasteiger partial charge in [0, 0.05) is 19.1 Å². The van der Waals surface area contributed by atoms with Crippen molar-refractivity contribution in [3.8, 4) is 0 Å². The molecule has 0 spiro atoms. The lowest BCUT2D eigenvalue weighted by Gasteiger charge is -2.36. The molecule has 12 heteroatoms. The quantitative estimate of drug-likeness (QED) is 0.684. The van der Waals surface area contributed by atoms with E-state index < -0.39 is 15.8 Å². The van der Waals surface area contributed by atoms with E-state index in [0.717, 1.165) is 42.9 Å². The third-order valence-corrected chi connectivity index (χ3v) is 7.00. The summed E-state index contributed by atoms with van der Waals surface area (Å²) in [7, 11) is -3.37. The van der Waals surface area contributed by atoms with E-state index >= 15 is 0 Å². The third kappa shape index (κ3) is 5.16. The molecule has 0 radical (unpaired) electrons. The minimum atomic E-state index is -3.37. The Morgan fingerprint density at radius 3 is 2.58 bits per heavy atom. The van der Waals surface area contributed by atoms with Crippen molar-refractivity contribution in [3.05, 3.63) is 34.6 Å². The van der Waals surface area contributed by atoms with Crippen LogP contribution >= 0.6 is 11.6 Å². The van der Waals surface area contributed by atoms with Gasteiger partial charge in [-0.1, -0.05) is 11.6 Å². The Morgan fingerprint density at radius 1 is 1.26 bits per heavy atom. The molecule has 2 atom stereocenters. The summed E-state index contributed by atoms with van der Waals surface area (Å²) in [6, 6.07) is -0.589. The average Bonchev–Trinajstić information content (AvgIpc) is 3.01. The van der Waals surface area contributed by atoms with E-state index in [4.69, 9.17) is 16.3 Å². The Morgan fingerprint density at radius 2 is 1.94 bits per heavy atom. The van der Waals surface area contributed by atoms with Crippen molar-refractivity contribution in [2.45, 2.75) is 50.8 Å². The highest BCUT2D eigenvalue weighted by molar-refractivity contribution is 7.88. The molecule has 4 rings (SSSR count). The van der Waals surface area contributed by atoms with Gasteiger partial charge in [0.25, 0.3) is 0 Å². The van der Waals surface area contributed by atoms with Gasteiger partial charge in [0.2, 0.25) is 16.0 Å². The normalized spacial score (nSPS) is 22.5. The number of hydrogen-bond acceptors (Lipinski definition) is 7. The summed E-state index contributed by atoms with van der Waals surface area (Å²) in [5.74, 6) is 0.0517. The number of hydrogen-bond donors (Lipinski definition) is 1. The van der Waals surface area contributed by atoms with Crippen LogP contribution in [0.3, 0.4) is 0 Å². The molecule has 0 unspecified atom stereocenters. The van der Waals surface area contributed by atoms with Crippen molar-refractivity contribution in [1.29, 1.82) is 0 Å². The first-order chi connectivity index (χ1) is 14.7. The molecule has 0 bridgehead atoms. The Bertz CT molecular complexity index is 1020. The van der Waals surface area contributed by atoms with Gasteiger partial charge in [-0.2, -0.15) is 5.10 Å². The lowest BCUT2D eigenvalue weighted by molar-refractivity contribution is 0.00601. The monoisotopic (exact) mass is 472 g/mol. The zero-order valence-corrected chi connectivity index (χ0v) is 19.0. The number of nitrogens with one attached hydrogen (secondary N) is 1. The van der Waals surface area contributed by atoms with Crippen LogP contribution in [0.15, 0.2) is 12.4 Å². The first-order valence-electron chi connectivity index (χ1n) is 10.3. The molecule has 31 heavy (non-hydrogen) atoms. The highest BCUT2D eigenvalue weighted by Crippen LogP contribution is 2.32. The predicted molar refractivity (Wildman–Crippen MR) is 114 cm³/mol. The Hall–Kier alpha value is -1.82. The van der Waals surface area contributed by atoms with Crippen LogP contribution in [-0.4, -0.2) is 66.3 Å². The molecule has 1 saturated heterocycles. The number of fused-ring (bicyclic) bond motifs is 1. The summed E-state index contributed by atoms with van der Waals surface area (Å²) in [6.07, 6.45) is 6.33. The number of nitrogens with zero attached hydrogens (tertiary/aromatic N) is 5. The smallest absolute Gasteiger partial charge is 0.225 e. The van der Waals surface area contributed by atoms with Gasteiger partial charge in [-0.15, -0.1) is 0 Å². The number of aromatic nitrogens is 4. The fourth-order valence-corrected chi connectivity index (χ4v) is 5.30. The van der Waals surface area contributed by atoms with Gasteiger partial charge in [-0.05, 0) is 32.6 Å². The molecule has 2 aromatic heterocycles. The van der Waals surface area contributed by atoms with Crippen LogP contribution in [0.1, 0.15) is 36.7 Å². The maximum Gasteiger partial charge on any atom is 0.225 e. The van der Waals surface area contributed by atoms with Gasteiger partial charge in [-0.3, -0.25) is 4.68 Å². The Balaban J connectivity index is 1.41. The van der Waals surface area contributed by atoms with Crippen molar-refractivity contribution in [2.24, 2.45) is 0 Å². The molecule has 1 fully saturated rings. The number of aryl methyl sites for hydroxylation is 1. The first kappa shape index (κ1) is 22.4. The number of rotatable bonds is 6. The highest BCUT2D eigenvalue weighted by atomic mass is 35.5. The number of piperidine rings is 1. The molecule has 4 heterocycles. The van der Waals surface area contributed by atoms with Gasteiger partial charge >= 0.3 is 0 Å². The fourth-order valence-electron chi connectivity index (χ4n) is 4.25. The maximum absolute atomic E-state index is 13.0. The summed E-state index contributed by atoms with van der Waals surface area (Å²) in [5.41, 5.74) is 1.65. The van der Waals surface area contributed by atoms with Crippen LogP contribution in [0.4, 0.5) is 10.3 Å². The molecule has 2 aliphatic rings. The first-order valence-corrected chi connectivity index (χ1v) is 12.5. The van der Waals surface area contributed by atoms with Gasteiger partial charge in [0.1, 0.15) is 0 Å². The molecule has 2 aliphatic heterocycles. The van der Waals surface area contributed by atoms with Crippen LogP contribution in [0.5, 0.6) is 0 Å². The van der Waals surface area contributed by atoms with Crippen LogP contribution in [-0.2, 0) is 21.2 Å². The Labute approximate surface area is 186 Å². The van der Waals surface area contributed by atoms with Crippen molar-refractivity contribution in [1.82, 2.24) is 24.5 Å². The minimum absolute atomic E-state index is 0.0214. The van der Waals surface area contributed by atoms with Crippen LogP contribution < -0.4 is 9.62 Å². The number of sulfonamides is 1. The molecule has 170 valence electrons. The van der Waals surface area contributed by atoms with E-state index in [-0.39, 0.29) is 18.2 Å². The van der Waals surface area contributed by atoms with Gasteiger partial charge in [0.15, 0.2) is 5.82 Å². The van der Waals surface area contributed by atoms with E-state index in [1.165, 1.54) is 0 Å². The second-order valence-corrected chi connectivity index (χ2v) is 10.3. The standard InChI is InChI=1S/C19H26ClFN6O3S/c1-12-18(20)16-4-3-15(25-31(2,28)29)17(27(16)24-12)11-30-14-5-7-26(8-6-14)19-22-9-13(21)10-23-19/h9-10,14-15,17,25H,3-8,11H2,1-2H3/t15-,17-/m0/s1. The van der Waals surface area contributed by atoms with Crippen molar-refractivity contribution < 1.29 is 17.5 Å². The summed E-state index contributed by atoms with van der Waals surface area (Å²) < 4.78 is 47.6. The molecular weight excluding hydrogens is 447 g/mol. The van der Waals surface area contributed by atoms with E-state index in [9.17, 15) is 12.8 Å². The molecule has 1 N–H and O–H groups in total. The highest BCUT2D eigenvalue weighted by Gasteiger charge is 2.35. The van der Waals surface area contributed by atoms with Crippen LogP contribution in [0.25, 0.3) is 0 Å². The summed E-state index contributed by atoms with van der Waals surface area (Å²) in [4.78, 5) is 10.1. The number of anilines is 1. The van der Waals surface area contributed by atoms with Crippen LogP contribution in [0, 0.1) is 12.7 Å². The molecule has 0 aromatic carbocycles. The van der Waals surface area contributed by atoms with Gasteiger partial charge in [0.05, 0.1) is 53.8 Å². The molecule has 9 nitrogen and oxygen atoms in total. The average molecular weight is 473 g/mol. The minimum Gasteiger partial charge on any atom is -0.376 e. The lowest BCUT2D eigenvalue weighted by atomic mass is 9.98. The summed E-state index contributed by atoms with van der Waals surface area (Å²) in [6.45, 7) is 3.57. The molecule has 0 aliphatic carbocycles. The molecular formula is C19H26ClFN6O3S. The topological polar surface area (TPSA) is 102 Å². The zero-order chi connectivity index (χ0) is 22.2.